The first-order valence-corrected chi connectivity index (χ1v) is 8.95. The summed E-state index contributed by atoms with van der Waals surface area (Å²) in [7, 11) is 1.61. The van der Waals surface area contributed by atoms with Crippen LogP contribution in [-0.2, 0) is 11.3 Å². The second-order valence-electron chi connectivity index (χ2n) is 5.70. The second kappa shape index (κ2) is 11.3. The molecule has 0 atom stereocenters. The van der Waals surface area contributed by atoms with Gasteiger partial charge in [0, 0.05) is 12.6 Å². The fourth-order valence-corrected chi connectivity index (χ4v) is 2.39. The molecule has 1 amide bonds. The van der Waals surface area contributed by atoms with E-state index in [1.807, 2.05) is 43.3 Å². The van der Waals surface area contributed by atoms with Gasteiger partial charge in [-0.25, -0.2) is 0 Å². The third kappa shape index (κ3) is 6.72. The molecule has 2 aromatic carbocycles. The van der Waals surface area contributed by atoms with Gasteiger partial charge in [-0.2, -0.15) is 5.26 Å². The number of carbonyl (C=O) groups is 1. The normalized spacial score (nSPS) is 9.89. The monoisotopic (exact) mass is 384 g/mol. The van der Waals surface area contributed by atoms with Crippen molar-refractivity contribution >= 4 is 5.91 Å². The Bertz CT molecular complexity index is 817. The Hall–Kier alpha value is -3.40. The second-order valence-corrected chi connectivity index (χ2v) is 5.70. The van der Waals surface area contributed by atoms with Gasteiger partial charge in [-0.15, -0.1) is 0 Å². The van der Waals surface area contributed by atoms with E-state index in [1.54, 1.807) is 19.2 Å². The molecule has 0 aromatic heterocycles. The molecule has 2 aromatic rings. The number of benzene rings is 2. The summed E-state index contributed by atoms with van der Waals surface area (Å²) in [6.07, 6.45) is -0.160. The van der Waals surface area contributed by atoms with Crippen LogP contribution in [0.15, 0.2) is 42.5 Å². The minimum absolute atomic E-state index is 0.160. The van der Waals surface area contributed by atoms with Crippen LogP contribution in [0.3, 0.4) is 0 Å². The van der Waals surface area contributed by atoms with Gasteiger partial charge in [-0.3, -0.25) is 4.79 Å². The summed E-state index contributed by atoms with van der Waals surface area (Å²) in [6, 6.07) is 14.6. The van der Waals surface area contributed by atoms with Crippen LogP contribution in [-0.4, -0.2) is 32.8 Å². The highest BCUT2D eigenvalue weighted by Crippen LogP contribution is 2.28. The first-order valence-electron chi connectivity index (χ1n) is 8.95. The average Bonchev–Trinajstić information content (AvgIpc) is 2.71. The van der Waals surface area contributed by atoms with Gasteiger partial charge in [0.2, 0.25) is 5.91 Å². The number of hydrogen-bond donors (Lipinski definition) is 1. The number of nitrogens with one attached hydrogen (secondary N) is 1. The van der Waals surface area contributed by atoms with E-state index < -0.39 is 0 Å². The summed E-state index contributed by atoms with van der Waals surface area (Å²) >= 11 is 0. The lowest BCUT2D eigenvalue weighted by molar-refractivity contribution is -0.120. The molecule has 1 N–H and O–H groups in total. The lowest BCUT2D eigenvalue weighted by Gasteiger charge is -2.14. The van der Waals surface area contributed by atoms with Crippen molar-refractivity contribution < 1.29 is 23.7 Å². The highest BCUT2D eigenvalue weighted by Gasteiger charge is 2.08. The van der Waals surface area contributed by atoms with E-state index in [9.17, 15) is 4.79 Å². The molecule has 0 aliphatic carbocycles. The molecule has 0 bridgehead atoms. The van der Waals surface area contributed by atoms with Crippen LogP contribution in [0.5, 0.6) is 23.0 Å². The third-order valence-electron chi connectivity index (χ3n) is 3.69. The van der Waals surface area contributed by atoms with Gasteiger partial charge in [0.05, 0.1) is 19.8 Å². The van der Waals surface area contributed by atoms with Crippen LogP contribution in [0.1, 0.15) is 18.9 Å². The molecule has 7 nitrogen and oxygen atoms in total. The van der Waals surface area contributed by atoms with Gasteiger partial charge in [-0.1, -0.05) is 12.1 Å². The van der Waals surface area contributed by atoms with Crippen LogP contribution >= 0.6 is 0 Å². The van der Waals surface area contributed by atoms with Gasteiger partial charge in [0.1, 0.15) is 31.1 Å². The lowest BCUT2D eigenvalue weighted by Crippen LogP contribution is -2.21. The van der Waals surface area contributed by atoms with Gasteiger partial charge < -0.3 is 24.3 Å². The smallest absolute Gasteiger partial charge is 0.234 e. The van der Waals surface area contributed by atoms with Gasteiger partial charge in [0.25, 0.3) is 0 Å². The van der Waals surface area contributed by atoms with E-state index in [0.29, 0.717) is 43.6 Å². The van der Waals surface area contributed by atoms with Crippen LogP contribution in [0.4, 0.5) is 0 Å². The molecule has 0 unspecified atom stereocenters. The van der Waals surface area contributed by atoms with Crippen LogP contribution < -0.4 is 24.3 Å². The predicted octanol–water partition coefficient (Wildman–Crippen LogP) is 3.08. The Morgan fingerprint density at radius 3 is 2.57 bits per heavy atom. The number of carbonyl (C=O) groups excluding carboxylic acids is 1. The van der Waals surface area contributed by atoms with Gasteiger partial charge in [0.15, 0.2) is 11.5 Å². The topological polar surface area (TPSA) is 89.8 Å². The van der Waals surface area contributed by atoms with Crippen molar-refractivity contribution in [3.05, 3.63) is 48.0 Å². The van der Waals surface area contributed by atoms with E-state index in [-0.39, 0.29) is 12.3 Å². The van der Waals surface area contributed by atoms with Gasteiger partial charge >= 0.3 is 0 Å². The predicted molar refractivity (Wildman–Crippen MR) is 104 cm³/mol. The van der Waals surface area contributed by atoms with Crippen molar-refractivity contribution in [1.82, 2.24) is 5.32 Å². The Kier molecular flexibility index (Phi) is 8.47. The molecule has 0 saturated heterocycles. The number of ether oxygens (including phenoxy) is 4. The largest absolute Gasteiger partial charge is 0.497 e. The number of nitriles is 1. The molecular formula is C21H24N2O5. The number of methoxy groups -OCH3 is 1. The van der Waals surface area contributed by atoms with Crippen molar-refractivity contribution in [2.75, 3.05) is 26.9 Å². The first-order chi connectivity index (χ1) is 13.7. The molecule has 0 spiro atoms. The highest BCUT2D eigenvalue weighted by molar-refractivity contribution is 5.77. The van der Waals surface area contributed by atoms with Crippen LogP contribution in [0.25, 0.3) is 0 Å². The molecule has 7 heteroatoms. The van der Waals surface area contributed by atoms with Crippen molar-refractivity contribution in [2.45, 2.75) is 19.9 Å². The standard InChI is InChI=1S/C21H24N2O5/c1-3-26-20-13-16(15-23-21(24)9-10-22)7-8-19(20)28-12-11-27-18-6-4-5-17(14-18)25-2/h4-8,13-14H,3,9,11-12,15H2,1-2H3,(H,23,24). The third-order valence-corrected chi connectivity index (χ3v) is 3.69. The Balaban J connectivity index is 1.89. The Labute approximate surface area is 164 Å². The zero-order chi connectivity index (χ0) is 20.2. The number of amides is 1. The van der Waals surface area contributed by atoms with Crippen molar-refractivity contribution in [2.24, 2.45) is 0 Å². The Morgan fingerprint density at radius 1 is 1.04 bits per heavy atom. The summed E-state index contributed by atoms with van der Waals surface area (Å²) in [5, 5.41) is 11.2. The molecule has 0 radical (unpaired) electrons. The zero-order valence-electron chi connectivity index (χ0n) is 16.1. The molecule has 28 heavy (non-hydrogen) atoms. The molecule has 0 aliphatic rings. The maximum absolute atomic E-state index is 11.4. The van der Waals surface area contributed by atoms with E-state index in [1.165, 1.54) is 0 Å². The fraction of sp³-hybridized carbons (Fsp3) is 0.333. The Morgan fingerprint density at radius 2 is 1.82 bits per heavy atom. The zero-order valence-corrected chi connectivity index (χ0v) is 16.1. The number of hydrogen-bond acceptors (Lipinski definition) is 6. The summed E-state index contributed by atoms with van der Waals surface area (Å²) in [5.41, 5.74) is 0.856. The SMILES string of the molecule is CCOc1cc(CNC(=O)CC#N)ccc1OCCOc1cccc(OC)c1. The number of nitrogens with zero attached hydrogens (tertiary/aromatic N) is 1. The van der Waals surface area contributed by atoms with E-state index >= 15 is 0 Å². The highest BCUT2D eigenvalue weighted by atomic mass is 16.5. The minimum Gasteiger partial charge on any atom is -0.497 e. The van der Waals surface area contributed by atoms with Crippen LogP contribution in [0.2, 0.25) is 0 Å². The van der Waals surface area contributed by atoms with E-state index in [0.717, 1.165) is 11.3 Å². The van der Waals surface area contributed by atoms with E-state index in [2.05, 4.69) is 5.32 Å². The molecular weight excluding hydrogens is 360 g/mol. The van der Waals surface area contributed by atoms with Gasteiger partial charge in [-0.05, 0) is 36.8 Å². The maximum atomic E-state index is 11.4. The molecule has 2 rings (SSSR count). The van der Waals surface area contributed by atoms with E-state index in [4.69, 9.17) is 24.2 Å². The molecule has 0 saturated carbocycles. The molecule has 148 valence electrons. The molecule has 0 fully saturated rings. The van der Waals surface area contributed by atoms with Crippen molar-refractivity contribution in [3.63, 3.8) is 0 Å². The quantitative estimate of drug-likeness (QED) is 0.599. The summed E-state index contributed by atoms with van der Waals surface area (Å²) in [4.78, 5) is 11.4. The summed E-state index contributed by atoms with van der Waals surface area (Å²) < 4.78 is 22.2. The maximum Gasteiger partial charge on any atom is 0.234 e. The molecule has 0 heterocycles. The lowest BCUT2D eigenvalue weighted by atomic mass is 10.2. The first kappa shape index (κ1) is 20.9. The number of rotatable bonds is 11. The minimum atomic E-state index is -0.310. The summed E-state index contributed by atoms with van der Waals surface area (Å²) in [6.45, 7) is 3.40. The average molecular weight is 384 g/mol. The van der Waals surface area contributed by atoms with Crippen LogP contribution in [0, 0.1) is 11.3 Å². The summed E-state index contributed by atoms with van der Waals surface area (Å²) in [5.74, 6) is 2.32. The van der Waals surface area contributed by atoms with Crippen molar-refractivity contribution in [1.29, 1.82) is 5.26 Å². The molecule has 0 aliphatic heterocycles. The van der Waals surface area contributed by atoms with Crippen molar-refractivity contribution in [3.8, 4) is 29.1 Å². The fourth-order valence-electron chi connectivity index (χ4n) is 2.39.